The van der Waals surface area contributed by atoms with Gasteiger partial charge in [0.2, 0.25) is 11.8 Å². The maximum atomic E-state index is 12.1. The summed E-state index contributed by atoms with van der Waals surface area (Å²) in [6.07, 6.45) is 10.4. The Labute approximate surface area is 162 Å². The number of likely N-dealkylation sites (tertiary alicyclic amines) is 1. The monoisotopic (exact) mass is 378 g/mol. The van der Waals surface area contributed by atoms with Crippen molar-refractivity contribution in [2.75, 3.05) is 6.54 Å². The van der Waals surface area contributed by atoms with Gasteiger partial charge in [0.25, 0.3) is 0 Å². The van der Waals surface area contributed by atoms with E-state index in [1.165, 1.54) is 6.08 Å². The molecule has 144 valence electrons. The average molecular weight is 378 g/mol. The molecule has 3 aromatic rings. The van der Waals surface area contributed by atoms with Crippen LogP contribution in [0.3, 0.4) is 0 Å². The SMILES string of the molecule is C=CC(=O)N1CC[C@@H]2[C@H]1C[C@]2(C)Oc1nc(-c2cnn(C)c2)cn2nccc12. The number of amides is 1. The van der Waals surface area contributed by atoms with Crippen molar-refractivity contribution in [3.63, 3.8) is 0 Å². The van der Waals surface area contributed by atoms with Gasteiger partial charge in [-0.1, -0.05) is 6.58 Å². The Kier molecular flexibility index (Phi) is 3.59. The Morgan fingerprint density at radius 1 is 1.39 bits per heavy atom. The van der Waals surface area contributed by atoms with Crippen molar-refractivity contribution in [3.8, 4) is 17.1 Å². The molecule has 1 saturated carbocycles. The van der Waals surface area contributed by atoms with Gasteiger partial charge in [-0.2, -0.15) is 10.2 Å². The van der Waals surface area contributed by atoms with Gasteiger partial charge in [0.1, 0.15) is 11.1 Å². The minimum atomic E-state index is -0.355. The second-order valence-electron chi connectivity index (χ2n) is 7.81. The zero-order chi connectivity index (χ0) is 19.5. The summed E-state index contributed by atoms with van der Waals surface area (Å²) in [5, 5.41) is 8.59. The van der Waals surface area contributed by atoms with Crippen molar-refractivity contribution >= 4 is 11.4 Å². The minimum Gasteiger partial charge on any atom is -0.469 e. The van der Waals surface area contributed by atoms with Crippen molar-refractivity contribution in [1.29, 1.82) is 0 Å². The Morgan fingerprint density at radius 3 is 3.00 bits per heavy atom. The van der Waals surface area contributed by atoms with Crippen LogP contribution in [0.25, 0.3) is 16.8 Å². The third-order valence-corrected chi connectivity index (χ3v) is 6.09. The number of fused-ring (bicyclic) bond motifs is 2. The molecule has 0 unspecified atom stereocenters. The van der Waals surface area contributed by atoms with Crippen LogP contribution >= 0.6 is 0 Å². The molecule has 2 aliphatic rings. The molecular weight excluding hydrogens is 356 g/mol. The van der Waals surface area contributed by atoms with Crippen LogP contribution in [0.15, 0.2) is 43.5 Å². The first-order valence-corrected chi connectivity index (χ1v) is 9.44. The van der Waals surface area contributed by atoms with Crippen molar-refractivity contribution in [1.82, 2.24) is 29.3 Å². The van der Waals surface area contributed by atoms with E-state index in [9.17, 15) is 4.79 Å². The summed E-state index contributed by atoms with van der Waals surface area (Å²) in [7, 11) is 1.87. The molecule has 3 atom stereocenters. The van der Waals surface area contributed by atoms with Crippen LogP contribution in [0.2, 0.25) is 0 Å². The first-order valence-electron chi connectivity index (χ1n) is 9.44. The number of hydrogen-bond donors (Lipinski definition) is 0. The van der Waals surface area contributed by atoms with Crippen LogP contribution in [0.5, 0.6) is 5.88 Å². The van der Waals surface area contributed by atoms with Gasteiger partial charge in [0, 0.05) is 43.7 Å². The number of aromatic nitrogens is 5. The highest BCUT2D eigenvalue weighted by Gasteiger charge is 2.59. The maximum absolute atomic E-state index is 12.1. The molecule has 0 spiro atoms. The summed E-state index contributed by atoms with van der Waals surface area (Å²) < 4.78 is 10.0. The predicted octanol–water partition coefficient (Wildman–Crippen LogP) is 2.07. The van der Waals surface area contributed by atoms with E-state index in [-0.39, 0.29) is 17.6 Å². The van der Waals surface area contributed by atoms with E-state index in [0.717, 1.165) is 36.2 Å². The first kappa shape index (κ1) is 17.0. The normalized spacial score (nSPS) is 26.1. The molecule has 4 heterocycles. The van der Waals surface area contributed by atoms with Crippen LogP contribution in [0, 0.1) is 5.92 Å². The minimum absolute atomic E-state index is 0.00410. The molecule has 3 aromatic heterocycles. The van der Waals surface area contributed by atoms with E-state index < -0.39 is 0 Å². The molecule has 0 aromatic carbocycles. The lowest BCUT2D eigenvalue weighted by atomic mass is 9.66. The number of rotatable bonds is 4. The van der Waals surface area contributed by atoms with Gasteiger partial charge >= 0.3 is 0 Å². The van der Waals surface area contributed by atoms with Gasteiger partial charge in [-0.15, -0.1) is 0 Å². The fraction of sp³-hybridized carbons (Fsp3) is 0.400. The highest BCUT2D eigenvalue weighted by molar-refractivity contribution is 5.87. The molecule has 1 saturated heterocycles. The van der Waals surface area contributed by atoms with Crippen molar-refractivity contribution < 1.29 is 9.53 Å². The van der Waals surface area contributed by atoms with Crippen molar-refractivity contribution in [3.05, 3.63) is 43.5 Å². The molecule has 0 bridgehead atoms. The number of carbonyl (C=O) groups excluding carboxylic acids is 1. The third-order valence-electron chi connectivity index (χ3n) is 6.09. The van der Waals surface area contributed by atoms with Crippen molar-refractivity contribution in [2.45, 2.75) is 31.4 Å². The Balaban J connectivity index is 1.46. The second-order valence-corrected chi connectivity index (χ2v) is 7.81. The molecule has 1 amide bonds. The van der Waals surface area contributed by atoms with E-state index in [1.54, 1.807) is 21.6 Å². The predicted molar refractivity (Wildman–Crippen MR) is 103 cm³/mol. The highest BCUT2D eigenvalue weighted by Crippen LogP contribution is 2.50. The van der Waals surface area contributed by atoms with Crippen LogP contribution in [-0.4, -0.2) is 53.4 Å². The molecule has 0 N–H and O–H groups in total. The molecule has 1 aliphatic heterocycles. The molecule has 1 aliphatic carbocycles. The topological polar surface area (TPSA) is 77.6 Å². The number of carbonyl (C=O) groups is 1. The smallest absolute Gasteiger partial charge is 0.246 e. The fourth-order valence-electron chi connectivity index (χ4n) is 4.62. The van der Waals surface area contributed by atoms with Gasteiger partial charge in [-0.05, 0) is 25.5 Å². The third kappa shape index (κ3) is 2.44. The number of nitrogens with zero attached hydrogens (tertiary/aromatic N) is 6. The van der Waals surface area contributed by atoms with Gasteiger partial charge in [-0.3, -0.25) is 9.48 Å². The van der Waals surface area contributed by atoms with E-state index in [4.69, 9.17) is 9.72 Å². The van der Waals surface area contributed by atoms with E-state index in [2.05, 4.69) is 23.7 Å². The summed E-state index contributed by atoms with van der Waals surface area (Å²) in [6, 6.07) is 2.12. The van der Waals surface area contributed by atoms with Crippen LogP contribution in [0.4, 0.5) is 0 Å². The van der Waals surface area contributed by atoms with E-state index in [1.807, 2.05) is 30.4 Å². The first-order chi connectivity index (χ1) is 13.5. The molecule has 8 heteroatoms. The van der Waals surface area contributed by atoms with Crippen LogP contribution < -0.4 is 4.74 Å². The number of aryl methyl sites for hydroxylation is 1. The van der Waals surface area contributed by atoms with Crippen LogP contribution in [0.1, 0.15) is 19.8 Å². The van der Waals surface area contributed by atoms with Gasteiger partial charge < -0.3 is 9.64 Å². The summed E-state index contributed by atoms with van der Waals surface area (Å²) in [4.78, 5) is 18.7. The summed E-state index contributed by atoms with van der Waals surface area (Å²) in [5.41, 5.74) is 2.14. The average Bonchev–Trinajstić information content (AvgIpc) is 3.39. The Bertz CT molecular complexity index is 1090. The summed E-state index contributed by atoms with van der Waals surface area (Å²) in [6.45, 7) is 6.48. The van der Waals surface area contributed by atoms with Gasteiger partial charge in [0.15, 0.2) is 0 Å². The quantitative estimate of drug-likeness (QED) is 0.650. The molecular formula is C20H22N6O2. The second kappa shape index (κ2) is 5.92. The van der Waals surface area contributed by atoms with E-state index >= 15 is 0 Å². The molecule has 2 fully saturated rings. The lowest BCUT2D eigenvalue weighted by Gasteiger charge is -2.51. The number of hydrogen-bond acceptors (Lipinski definition) is 5. The molecule has 5 rings (SSSR count). The largest absolute Gasteiger partial charge is 0.469 e. The van der Waals surface area contributed by atoms with Gasteiger partial charge in [-0.25, -0.2) is 9.50 Å². The zero-order valence-electron chi connectivity index (χ0n) is 15.9. The van der Waals surface area contributed by atoms with Gasteiger partial charge in [0.05, 0.1) is 24.3 Å². The number of ether oxygens (including phenoxy) is 1. The lowest BCUT2D eigenvalue weighted by Crippen LogP contribution is -2.61. The lowest BCUT2D eigenvalue weighted by molar-refractivity contribution is -0.136. The molecule has 8 nitrogen and oxygen atoms in total. The van der Waals surface area contributed by atoms with Crippen LogP contribution in [-0.2, 0) is 11.8 Å². The summed E-state index contributed by atoms with van der Waals surface area (Å²) in [5.74, 6) is 0.862. The molecule has 0 radical (unpaired) electrons. The Hall–Kier alpha value is -3.16. The van der Waals surface area contributed by atoms with E-state index in [0.29, 0.717) is 11.8 Å². The van der Waals surface area contributed by atoms with Crippen molar-refractivity contribution in [2.24, 2.45) is 13.0 Å². The maximum Gasteiger partial charge on any atom is 0.246 e. The molecule has 28 heavy (non-hydrogen) atoms. The fourth-order valence-corrected chi connectivity index (χ4v) is 4.62. The highest BCUT2D eigenvalue weighted by atomic mass is 16.5. The zero-order valence-corrected chi connectivity index (χ0v) is 15.9. The standard InChI is InChI=1S/C20H22N6O2/c1-4-18(27)25-8-6-14-17(25)9-20(14,2)28-19-16-5-7-21-26(16)12-15(23-19)13-10-22-24(3)11-13/h4-5,7,10-12,14,17H,1,6,8-9H2,2-3H3/t14-,17-,20+/m1/s1. The summed E-state index contributed by atoms with van der Waals surface area (Å²) >= 11 is 0. The Morgan fingerprint density at radius 2 is 2.25 bits per heavy atom.